The lowest BCUT2D eigenvalue weighted by Crippen LogP contribution is -2.25. The van der Waals surface area contributed by atoms with Crippen LogP contribution in [0, 0.1) is 12.7 Å². The van der Waals surface area contributed by atoms with Gasteiger partial charge in [-0.25, -0.2) is 22.8 Å². The van der Waals surface area contributed by atoms with Crippen LogP contribution in [-0.2, 0) is 14.4 Å². The molecule has 1 aromatic heterocycles. The molecule has 2 N–H and O–H groups in total. The molecule has 0 saturated carbocycles. The van der Waals surface area contributed by atoms with Crippen LogP contribution in [0.25, 0.3) is 10.9 Å². The fourth-order valence-corrected chi connectivity index (χ4v) is 5.67. The summed E-state index contributed by atoms with van der Waals surface area (Å²) in [4.78, 5) is 7.32. The summed E-state index contributed by atoms with van der Waals surface area (Å²) in [6.07, 6.45) is 0. The minimum atomic E-state index is -5.88. The third kappa shape index (κ3) is 5.28. The van der Waals surface area contributed by atoms with E-state index in [1.807, 2.05) is 6.92 Å². The van der Waals surface area contributed by atoms with Gasteiger partial charge in [-0.3, -0.25) is 0 Å². The van der Waals surface area contributed by atoms with E-state index in [9.17, 15) is 26.2 Å². The normalized spacial score (nSPS) is 13.6. The van der Waals surface area contributed by atoms with Gasteiger partial charge in [0.2, 0.25) is 0 Å². The monoisotopic (exact) mass is 532 g/mol. The highest BCUT2D eigenvalue weighted by Crippen LogP contribution is 2.40. The smallest absolute Gasteiger partial charge is 0.385 e. The lowest BCUT2D eigenvalue weighted by atomic mass is 10.1. The minimum absolute atomic E-state index is 0.237. The number of hydrogen-bond donors (Lipinski definition) is 2. The number of fused-ring (bicyclic) bond motifs is 1. The molecule has 3 rings (SSSR count). The molecule has 0 radical (unpaired) electrons. The molecule has 0 spiro atoms. The molecule has 0 bridgehead atoms. The molecule has 0 saturated heterocycles. The fourth-order valence-electron chi connectivity index (χ4n) is 3.65. The van der Waals surface area contributed by atoms with Crippen LogP contribution >= 0.6 is 7.14 Å². The molecule has 0 amide bonds. The van der Waals surface area contributed by atoms with E-state index in [0.717, 1.165) is 6.07 Å². The molecular weight excluding hydrogens is 507 g/mol. The van der Waals surface area contributed by atoms with Crippen LogP contribution in [0.3, 0.4) is 0 Å². The van der Waals surface area contributed by atoms with Gasteiger partial charge < -0.3 is 15.2 Å². The van der Waals surface area contributed by atoms with E-state index >= 15 is 4.39 Å². The zero-order valence-corrected chi connectivity index (χ0v) is 21.4. The van der Waals surface area contributed by atoms with Gasteiger partial charge in [-0.05, 0) is 52.3 Å². The minimum Gasteiger partial charge on any atom is -0.385 e. The van der Waals surface area contributed by atoms with Gasteiger partial charge in [-0.2, -0.15) is 13.2 Å². The highest BCUT2D eigenvalue weighted by molar-refractivity contribution is 7.92. The van der Waals surface area contributed by atoms with Gasteiger partial charge in [0.05, 0.1) is 11.6 Å². The summed E-state index contributed by atoms with van der Waals surface area (Å²) >= 11 is 0. The van der Waals surface area contributed by atoms with Gasteiger partial charge in [-0.15, -0.1) is 0 Å². The first kappa shape index (κ1) is 26.9. The molecule has 2 aromatic carbocycles. The van der Waals surface area contributed by atoms with E-state index in [0.29, 0.717) is 40.3 Å². The summed E-state index contributed by atoms with van der Waals surface area (Å²) in [7, 11) is -8.62. The Labute approximate surface area is 200 Å². The number of benzene rings is 2. The quantitative estimate of drug-likeness (QED) is 0.318. The zero-order valence-electron chi connectivity index (χ0n) is 19.7. The summed E-state index contributed by atoms with van der Waals surface area (Å²) < 4.78 is 90.6. The van der Waals surface area contributed by atoms with Gasteiger partial charge in [0.25, 0.3) is 9.84 Å². The van der Waals surface area contributed by atoms with Crippen LogP contribution in [0.5, 0.6) is 0 Å². The van der Waals surface area contributed by atoms with Gasteiger partial charge in [0.1, 0.15) is 29.5 Å². The van der Waals surface area contributed by atoms with Gasteiger partial charge in [-0.1, -0.05) is 12.1 Å². The second-order valence-corrected chi connectivity index (χ2v) is 13.5. The predicted molar refractivity (Wildman–Crippen MR) is 129 cm³/mol. The average Bonchev–Trinajstić information content (AvgIpc) is 2.71. The first-order valence-corrected chi connectivity index (χ1v) is 14.6. The van der Waals surface area contributed by atoms with Crippen molar-refractivity contribution in [1.82, 2.24) is 9.97 Å². The molecule has 1 heterocycles. The van der Waals surface area contributed by atoms with Gasteiger partial charge in [0.15, 0.2) is 0 Å². The zero-order chi connectivity index (χ0) is 26.3. The van der Waals surface area contributed by atoms with Crippen LogP contribution in [0.15, 0.2) is 35.2 Å². The molecule has 0 aliphatic heterocycles. The van der Waals surface area contributed by atoms with E-state index in [1.54, 1.807) is 32.4 Å². The van der Waals surface area contributed by atoms with Crippen LogP contribution in [0.2, 0.25) is 0 Å². The first-order valence-electron chi connectivity index (χ1n) is 10.6. The highest BCUT2D eigenvalue weighted by Gasteiger charge is 2.48. The largest absolute Gasteiger partial charge is 0.502 e. The third-order valence-corrected chi connectivity index (χ3v) is 8.31. The van der Waals surface area contributed by atoms with Gasteiger partial charge in [0, 0.05) is 28.5 Å². The standard InChI is InChI=1S/C22H25F4N4O3PS/c1-6-27-17-11-16-15(10-18(17)34(4,5)31)21(30-13(3)29-16)28-12(2)14-8-7-9-19(20(14)23)35(32,33)22(24,25)26/h7-12,27H,6H2,1-5H3,(H,28,29,30)/t12-/m1/s1. The maximum Gasteiger partial charge on any atom is 0.502 e. The van der Waals surface area contributed by atoms with Crippen molar-refractivity contribution >= 4 is 44.7 Å². The summed E-state index contributed by atoms with van der Waals surface area (Å²) in [6.45, 7) is 8.80. The molecule has 13 heteroatoms. The molecule has 3 aromatic rings. The number of hydrogen-bond acceptors (Lipinski definition) is 7. The molecule has 1 atom stereocenters. The van der Waals surface area contributed by atoms with E-state index in [-0.39, 0.29) is 11.4 Å². The number of halogens is 4. The lowest BCUT2D eigenvalue weighted by Gasteiger charge is -2.20. The van der Waals surface area contributed by atoms with Crippen molar-refractivity contribution in [2.75, 3.05) is 30.5 Å². The van der Waals surface area contributed by atoms with Crippen molar-refractivity contribution in [2.45, 2.75) is 37.2 Å². The number of nitrogens with zero attached hydrogens (tertiary/aromatic N) is 2. The Morgan fingerprint density at radius 3 is 2.37 bits per heavy atom. The van der Waals surface area contributed by atoms with E-state index in [2.05, 4.69) is 20.6 Å². The number of rotatable bonds is 7. The van der Waals surface area contributed by atoms with Crippen molar-refractivity contribution in [3.63, 3.8) is 0 Å². The number of aromatic nitrogens is 2. The van der Waals surface area contributed by atoms with Crippen LogP contribution in [0.1, 0.15) is 31.3 Å². The van der Waals surface area contributed by atoms with E-state index in [4.69, 9.17) is 0 Å². The maximum absolute atomic E-state index is 15.0. The summed E-state index contributed by atoms with van der Waals surface area (Å²) in [5, 5.41) is 7.15. The van der Waals surface area contributed by atoms with E-state index in [1.165, 1.54) is 13.0 Å². The SMILES string of the molecule is CCNc1cc2nc(C)nc(N[C@H](C)c3cccc(S(=O)(=O)C(F)(F)F)c3F)c2cc1P(C)(C)=O. The predicted octanol–water partition coefficient (Wildman–Crippen LogP) is 5.22. The highest BCUT2D eigenvalue weighted by atomic mass is 32.2. The number of alkyl halides is 3. The Bertz CT molecular complexity index is 1440. The Kier molecular flexibility index (Phi) is 7.21. The Morgan fingerprint density at radius 1 is 1.14 bits per heavy atom. The molecule has 190 valence electrons. The number of aryl methyl sites for hydroxylation is 1. The maximum atomic E-state index is 15.0. The van der Waals surface area contributed by atoms with E-state index < -0.39 is 39.2 Å². The van der Waals surface area contributed by atoms with Crippen molar-refractivity contribution in [1.29, 1.82) is 0 Å². The number of sulfone groups is 1. The molecule has 35 heavy (non-hydrogen) atoms. The molecule has 0 aliphatic rings. The summed E-state index contributed by atoms with van der Waals surface area (Å²) in [5.74, 6) is -0.893. The Morgan fingerprint density at radius 2 is 1.80 bits per heavy atom. The molecule has 0 unspecified atom stereocenters. The number of nitrogens with one attached hydrogen (secondary N) is 2. The van der Waals surface area contributed by atoms with Crippen molar-refractivity contribution < 1.29 is 30.5 Å². The van der Waals surface area contributed by atoms with Crippen molar-refractivity contribution in [3.8, 4) is 0 Å². The lowest BCUT2D eigenvalue weighted by molar-refractivity contribution is -0.0437. The second kappa shape index (κ2) is 9.39. The van der Waals surface area contributed by atoms with Crippen molar-refractivity contribution in [3.05, 3.63) is 47.5 Å². The van der Waals surface area contributed by atoms with Crippen LogP contribution in [-0.4, -0.2) is 43.8 Å². The van der Waals surface area contributed by atoms with Crippen LogP contribution < -0.4 is 15.9 Å². The molecule has 0 aliphatic carbocycles. The second-order valence-electron chi connectivity index (χ2n) is 8.36. The summed E-state index contributed by atoms with van der Waals surface area (Å²) in [6, 6.07) is 5.25. The summed E-state index contributed by atoms with van der Waals surface area (Å²) in [5.41, 5.74) is -4.77. The molecular formula is C22H25F4N4O3PS. The number of anilines is 2. The van der Waals surface area contributed by atoms with Crippen molar-refractivity contribution in [2.24, 2.45) is 0 Å². The Balaban J connectivity index is 2.14. The third-order valence-electron chi connectivity index (χ3n) is 5.28. The topological polar surface area (TPSA) is 101 Å². The fraction of sp³-hybridized carbons (Fsp3) is 0.364. The average molecular weight is 533 g/mol. The first-order chi connectivity index (χ1) is 16.1. The van der Waals surface area contributed by atoms with Crippen LogP contribution in [0.4, 0.5) is 29.1 Å². The van der Waals surface area contributed by atoms with Gasteiger partial charge >= 0.3 is 5.51 Å². The molecule has 0 fully saturated rings. The Hall–Kier alpha value is -2.72. The molecule has 7 nitrogen and oxygen atoms in total.